The number of anilines is 1. The highest BCUT2D eigenvalue weighted by Crippen LogP contribution is 2.41. The molecule has 0 aliphatic carbocycles. The Morgan fingerprint density at radius 2 is 1.78 bits per heavy atom. The molecule has 0 saturated heterocycles. The van der Waals surface area contributed by atoms with Crippen LogP contribution in [0.25, 0.3) is 10.9 Å². The molecule has 164 valence electrons. The summed E-state index contributed by atoms with van der Waals surface area (Å²) >= 11 is 2.59. The van der Waals surface area contributed by atoms with Crippen LogP contribution in [-0.2, 0) is 13.0 Å². The molecule has 0 saturated carbocycles. The zero-order valence-electron chi connectivity index (χ0n) is 19.3. The van der Waals surface area contributed by atoms with E-state index in [2.05, 4.69) is 114 Å². The van der Waals surface area contributed by atoms with Crippen LogP contribution >= 0.6 is 22.6 Å². The smallest absolute Gasteiger partial charge is 0.153 e. The van der Waals surface area contributed by atoms with E-state index in [9.17, 15) is 0 Å². The topological polar surface area (TPSA) is 21.1 Å². The van der Waals surface area contributed by atoms with Gasteiger partial charge < -0.3 is 9.47 Å². The molecule has 4 heteroatoms. The standard InChI is InChI=1S/C28H30IN3/c1-18-9-11-22(12-10-18)17-32-21(4)19(2)24-13-15-30-28(27(24)32)31-16-14-23-7-5-6-8-25(23)26(31)20(3)29/h5-13,15,20,26H,14,16-17H2,1-4H3. The quantitative estimate of drug-likeness (QED) is 0.209. The van der Waals surface area contributed by atoms with Gasteiger partial charge in [-0.3, -0.25) is 0 Å². The lowest BCUT2D eigenvalue weighted by Crippen LogP contribution is -2.40. The van der Waals surface area contributed by atoms with Gasteiger partial charge in [0.2, 0.25) is 0 Å². The molecule has 0 spiro atoms. The lowest BCUT2D eigenvalue weighted by Gasteiger charge is -2.40. The number of rotatable bonds is 4. The van der Waals surface area contributed by atoms with Gasteiger partial charge in [0.1, 0.15) is 0 Å². The molecule has 0 fully saturated rings. The van der Waals surface area contributed by atoms with Crippen molar-refractivity contribution in [1.82, 2.24) is 9.55 Å². The number of hydrogen-bond donors (Lipinski definition) is 0. The number of pyridine rings is 1. The minimum absolute atomic E-state index is 0.321. The third-order valence-electron chi connectivity index (χ3n) is 7.03. The normalized spacial score (nSPS) is 16.9. The fraction of sp³-hybridized carbons (Fsp3) is 0.321. The van der Waals surface area contributed by atoms with Gasteiger partial charge in [-0.25, -0.2) is 4.98 Å². The van der Waals surface area contributed by atoms with Crippen LogP contribution in [0.4, 0.5) is 5.82 Å². The predicted molar refractivity (Wildman–Crippen MR) is 143 cm³/mol. The molecular weight excluding hydrogens is 505 g/mol. The van der Waals surface area contributed by atoms with Crippen molar-refractivity contribution < 1.29 is 0 Å². The fourth-order valence-electron chi connectivity index (χ4n) is 5.19. The van der Waals surface area contributed by atoms with Crippen LogP contribution in [0.15, 0.2) is 60.8 Å². The molecule has 0 N–H and O–H groups in total. The maximum atomic E-state index is 5.01. The molecular formula is C28H30IN3. The highest BCUT2D eigenvalue weighted by molar-refractivity contribution is 14.1. The second-order valence-electron chi connectivity index (χ2n) is 9.08. The van der Waals surface area contributed by atoms with Crippen molar-refractivity contribution >= 4 is 39.3 Å². The number of fused-ring (bicyclic) bond motifs is 2. The van der Waals surface area contributed by atoms with Gasteiger partial charge in [0.05, 0.1) is 11.6 Å². The van der Waals surface area contributed by atoms with Crippen LogP contribution < -0.4 is 4.90 Å². The lowest BCUT2D eigenvalue weighted by molar-refractivity contribution is 0.582. The van der Waals surface area contributed by atoms with Crippen LogP contribution in [0.1, 0.15) is 46.5 Å². The number of aryl methyl sites for hydroxylation is 2. The van der Waals surface area contributed by atoms with Gasteiger partial charge in [-0.1, -0.05) is 83.6 Å². The molecule has 3 heterocycles. The van der Waals surface area contributed by atoms with Crippen molar-refractivity contribution in [2.75, 3.05) is 11.4 Å². The fourth-order valence-corrected chi connectivity index (χ4v) is 5.97. The SMILES string of the molecule is Cc1ccc(Cn2c(C)c(C)c3ccnc(N4CCc5ccccc5C4C(C)I)c32)cc1. The zero-order valence-corrected chi connectivity index (χ0v) is 21.4. The first-order chi connectivity index (χ1) is 15.5. The van der Waals surface area contributed by atoms with Crippen LogP contribution in [0.2, 0.25) is 0 Å². The Morgan fingerprint density at radius 1 is 1.03 bits per heavy atom. The first-order valence-corrected chi connectivity index (χ1v) is 12.7. The van der Waals surface area contributed by atoms with Gasteiger partial charge in [0, 0.05) is 34.3 Å². The highest BCUT2D eigenvalue weighted by atomic mass is 127. The Labute approximate surface area is 204 Å². The van der Waals surface area contributed by atoms with E-state index in [1.54, 1.807) is 0 Å². The Kier molecular flexibility index (Phi) is 5.74. The molecule has 1 aliphatic rings. The summed E-state index contributed by atoms with van der Waals surface area (Å²) in [6.07, 6.45) is 3.06. The molecule has 2 aromatic carbocycles. The lowest BCUT2D eigenvalue weighted by atomic mass is 9.91. The first-order valence-electron chi connectivity index (χ1n) is 11.4. The number of aromatic nitrogens is 2. The number of benzene rings is 2. The Hall–Kier alpha value is -2.34. The maximum Gasteiger partial charge on any atom is 0.153 e. The Morgan fingerprint density at radius 3 is 2.53 bits per heavy atom. The second-order valence-corrected chi connectivity index (χ2v) is 11.0. The summed E-state index contributed by atoms with van der Waals surface area (Å²) in [5, 5.41) is 1.32. The van der Waals surface area contributed by atoms with Gasteiger partial charge >= 0.3 is 0 Å². The summed E-state index contributed by atoms with van der Waals surface area (Å²) in [4.78, 5) is 7.57. The minimum Gasteiger partial charge on any atom is -0.346 e. The van der Waals surface area contributed by atoms with Crippen molar-refractivity contribution in [3.05, 3.63) is 94.3 Å². The Bertz CT molecular complexity index is 1270. The molecule has 0 radical (unpaired) electrons. The summed E-state index contributed by atoms with van der Waals surface area (Å²) in [6.45, 7) is 10.8. The molecule has 5 rings (SSSR count). The van der Waals surface area contributed by atoms with Gasteiger partial charge in [-0.15, -0.1) is 0 Å². The van der Waals surface area contributed by atoms with Crippen molar-refractivity contribution in [3.63, 3.8) is 0 Å². The van der Waals surface area contributed by atoms with Gasteiger partial charge in [0.25, 0.3) is 0 Å². The van der Waals surface area contributed by atoms with Crippen molar-refractivity contribution in [1.29, 1.82) is 0 Å². The third kappa shape index (κ3) is 3.62. The number of alkyl halides is 1. The summed E-state index contributed by atoms with van der Waals surface area (Å²) < 4.78 is 2.95. The zero-order chi connectivity index (χ0) is 22.4. The van der Waals surface area contributed by atoms with Crippen LogP contribution in [0.3, 0.4) is 0 Å². The average molecular weight is 535 g/mol. The van der Waals surface area contributed by atoms with E-state index in [0.29, 0.717) is 9.97 Å². The monoisotopic (exact) mass is 535 g/mol. The number of hydrogen-bond acceptors (Lipinski definition) is 2. The summed E-state index contributed by atoms with van der Waals surface area (Å²) in [6, 6.07) is 20.4. The van der Waals surface area contributed by atoms with E-state index in [1.165, 1.54) is 44.4 Å². The van der Waals surface area contributed by atoms with Gasteiger partial charge in [0.15, 0.2) is 5.82 Å². The molecule has 32 heavy (non-hydrogen) atoms. The molecule has 4 aromatic rings. The van der Waals surface area contributed by atoms with Crippen molar-refractivity contribution in [2.45, 2.75) is 50.6 Å². The van der Waals surface area contributed by atoms with E-state index in [-0.39, 0.29) is 0 Å². The van der Waals surface area contributed by atoms with E-state index in [0.717, 1.165) is 25.3 Å². The van der Waals surface area contributed by atoms with Crippen LogP contribution in [0, 0.1) is 20.8 Å². The largest absolute Gasteiger partial charge is 0.346 e. The van der Waals surface area contributed by atoms with E-state index < -0.39 is 0 Å². The molecule has 2 unspecified atom stereocenters. The highest BCUT2D eigenvalue weighted by Gasteiger charge is 2.33. The second kappa shape index (κ2) is 8.54. The third-order valence-corrected chi connectivity index (χ3v) is 7.71. The van der Waals surface area contributed by atoms with Crippen molar-refractivity contribution in [2.24, 2.45) is 0 Å². The number of halogens is 1. The summed E-state index contributed by atoms with van der Waals surface area (Å²) in [7, 11) is 0. The molecule has 0 bridgehead atoms. The summed E-state index contributed by atoms with van der Waals surface area (Å²) in [5.74, 6) is 1.12. The van der Waals surface area contributed by atoms with E-state index in [1.807, 2.05) is 6.20 Å². The summed E-state index contributed by atoms with van der Waals surface area (Å²) in [5.41, 5.74) is 9.50. The minimum atomic E-state index is 0.321. The molecule has 0 amide bonds. The van der Waals surface area contributed by atoms with Crippen LogP contribution in [-0.4, -0.2) is 20.0 Å². The molecule has 2 aromatic heterocycles. The predicted octanol–water partition coefficient (Wildman–Crippen LogP) is 6.94. The van der Waals surface area contributed by atoms with E-state index >= 15 is 0 Å². The van der Waals surface area contributed by atoms with Gasteiger partial charge in [-0.05, 0) is 55.5 Å². The van der Waals surface area contributed by atoms with Crippen molar-refractivity contribution in [3.8, 4) is 0 Å². The van der Waals surface area contributed by atoms with E-state index in [4.69, 9.17) is 4.98 Å². The Balaban J connectivity index is 1.68. The molecule has 1 aliphatic heterocycles. The molecule has 2 atom stereocenters. The molecule has 3 nitrogen and oxygen atoms in total. The maximum absolute atomic E-state index is 5.01. The van der Waals surface area contributed by atoms with Gasteiger partial charge in [-0.2, -0.15) is 0 Å². The van der Waals surface area contributed by atoms with Crippen LogP contribution in [0.5, 0.6) is 0 Å². The average Bonchev–Trinajstić information content (AvgIpc) is 3.04. The number of nitrogens with zero attached hydrogens (tertiary/aromatic N) is 3. The first kappa shape index (κ1) is 21.5.